The second-order valence-electron chi connectivity index (χ2n) is 7.01. The number of carbonyl (C=O) groups excluding carboxylic acids is 2. The average molecular weight is 393 g/mol. The molecule has 1 amide bonds. The minimum atomic E-state index is -0.779. The van der Waals surface area contributed by atoms with Crippen molar-refractivity contribution in [2.45, 2.75) is 38.6 Å². The highest BCUT2D eigenvalue weighted by molar-refractivity contribution is 5.93. The number of nitrogens with zero attached hydrogens (tertiary/aromatic N) is 1. The summed E-state index contributed by atoms with van der Waals surface area (Å²) >= 11 is 0. The van der Waals surface area contributed by atoms with E-state index >= 15 is 0 Å². The summed E-state index contributed by atoms with van der Waals surface area (Å²) in [5.41, 5.74) is 0.0532. The second kappa shape index (κ2) is 10.6. The molecular weight excluding hydrogens is 366 g/mol. The molecule has 1 saturated carbocycles. The SMILES string of the molecule is COCCNc1ccc(C(=O)OCC(=O)NC2CCC(C)CC2)cc1[N+](=O)[O-]. The molecule has 0 aliphatic heterocycles. The molecule has 0 heterocycles. The van der Waals surface area contributed by atoms with Gasteiger partial charge in [0, 0.05) is 25.8 Å². The lowest BCUT2D eigenvalue weighted by Crippen LogP contribution is -2.39. The Bertz CT molecular complexity index is 701. The topological polar surface area (TPSA) is 120 Å². The number of methoxy groups -OCH3 is 1. The van der Waals surface area contributed by atoms with Gasteiger partial charge in [0.05, 0.1) is 17.1 Å². The van der Waals surface area contributed by atoms with Gasteiger partial charge in [0.25, 0.3) is 11.6 Å². The highest BCUT2D eigenvalue weighted by atomic mass is 16.6. The molecule has 0 saturated heterocycles. The number of carbonyl (C=O) groups is 2. The fourth-order valence-electron chi connectivity index (χ4n) is 3.14. The Labute approximate surface area is 163 Å². The lowest BCUT2D eigenvalue weighted by molar-refractivity contribution is -0.384. The minimum Gasteiger partial charge on any atom is -0.452 e. The van der Waals surface area contributed by atoms with E-state index in [1.807, 2.05) is 0 Å². The molecule has 0 unspecified atom stereocenters. The van der Waals surface area contributed by atoms with Crippen LogP contribution in [0, 0.1) is 16.0 Å². The third-order valence-corrected chi connectivity index (χ3v) is 4.77. The maximum absolute atomic E-state index is 12.2. The van der Waals surface area contributed by atoms with E-state index in [0.717, 1.165) is 31.7 Å². The van der Waals surface area contributed by atoms with E-state index in [-0.39, 0.29) is 28.9 Å². The van der Waals surface area contributed by atoms with Gasteiger partial charge in [0.1, 0.15) is 5.69 Å². The van der Waals surface area contributed by atoms with Crippen molar-refractivity contribution in [2.75, 3.05) is 32.2 Å². The third-order valence-electron chi connectivity index (χ3n) is 4.77. The number of hydrogen-bond acceptors (Lipinski definition) is 7. The number of nitrogens with one attached hydrogen (secondary N) is 2. The molecule has 1 aromatic carbocycles. The first-order chi connectivity index (χ1) is 13.4. The predicted molar refractivity (Wildman–Crippen MR) is 103 cm³/mol. The molecule has 1 aliphatic carbocycles. The second-order valence-corrected chi connectivity index (χ2v) is 7.01. The van der Waals surface area contributed by atoms with Crippen LogP contribution < -0.4 is 10.6 Å². The van der Waals surface area contributed by atoms with Crippen LogP contribution in [0.15, 0.2) is 18.2 Å². The first-order valence-electron chi connectivity index (χ1n) is 9.38. The van der Waals surface area contributed by atoms with Gasteiger partial charge < -0.3 is 20.1 Å². The maximum atomic E-state index is 12.2. The van der Waals surface area contributed by atoms with Crippen LogP contribution in [0.25, 0.3) is 0 Å². The molecule has 154 valence electrons. The molecule has 0 radical (unpaired) electrons. The zero-order chi connectivity index (χ0) is 20.5. The molecule has 28 heavy (non-hydrogen) atoms. The number of nitro groups is 1. The van der Waals surface area contributed by atoms with E-state index in [1.54, 1.807) is 0 Å². The van der Waals surface area contributed by atoms with E-state index in [1.165, 1.54) is 19.2 Å². The van der Waals surface area contributed by atoms with Crippen molar-refractivity contribution in [2.24, 2.45) is 5.92 Å². The molecule has 1 aromatic rings. The quantitative estimate of drug-likeness (QED) is 0.286. The summed E-state index contributed by atoms with van der Waals surface area (Å²) in [7, 11) is 1.53. The highest BCUT2D eigenvalue weighted by Gasteiger charge is 2.21. The van der Waals surface area contributed by atoms with Crippen molar-refractivity contribution < 1.29 is 24.0 Å². The highest BCUT2D eigenvalue weighted by Crippen LogP contribution is 2.26. The number of hydrogen-bond donors (Lipinski definition) is 2. The van der Waals surface area contributed by atoms with Crippen molar-refractivity contribution in [1.82, 2.24) is 5.32 Å². The Morgan fingerprint density at radius 3 is 2.61 bits per heavy atom. The minimum absolute atomic E-state index is 0.0169. The Hall–Kier alpha value is -2.68. The van der Waals surface area contributed by atoms with Gasteiger partial charge in [-0.3, -0.25) is 14.9 Å². The standard InChI is InChI=1S/C19H27N3O6/c1-13-3-6-15(7-4-13)21-18(23)12-28-19(24)14-5-8-16(20-9-10-27-2)17(11-14)22(25)26/h5,8,11,13,15,20H,3-4,6-7,9-10,12H2,1-2H3,(H,21,23). The molecule has 1 aliphatic rings. The summed E-state index contributed by atoms with van der Waals surface area (Å²) in [5, 5.41) is 17.0. The predicted octanol–water partition coefficient (Wildman–Crippen LogP) is 2.50. The number of amides is 1. The summed E-state index contributed by atoms with van der Waals surface area (Å²) < 4.78 is 9.91. The van der Waals surface area contributed by atoms with Gasteiger partial charge in [-0.05, 0) is 43.7 Å². The molecule has 2 N–H and O–H groups in total. The fraction of sp³-hybridized carbons (Fsp3) is 0.579. The molecule has 0 atom stereocenters. The van der Waals surface area contributed by atoms with Gasteiger partial charge in [-0.1, -0.05) is 6.92 Å². The van der Waals surface area contributed by atoms with E-state index in [2.05, 4.69) is 17.6 Å². The van der Waals surface area contributed by atoms with Crippen LogP contribution in [0.4, 0.5) is 11.4 Å². The molecule has 0 aromatic heterocycles. The first kappa shape index (κ1) is 21.6. The largest absolute Gasteiger partial charge is 0.452 e. The number of nitro benzene ring substituents is 1. The normalized spacial score (nSPS) is 18.9. The van der Waals surface area contributed by atoms with Crippen LogP contribution in [-0.4, -0.2) is 49.7 Å². The number of esters is 1. The lowest BCUT2D eigenvalue weighted by Gasteiger charge is -2.26. The van der Waals surface area contributed by atoms with E-state index < -0.39 is 17.5 Å². The van der Waals surface area contributed by atoms with Crippen LogP contribution in [0.2, 0.25) is 0 Å². The zero-order valence-electron chi connectivity index (χ0n) is 16.2. The van der Waals surface area contributed by atoms with E-state index in [9.17, 15) is 19.7 Å². The van der Waals surface area contributed by atoms with Crippen LogP contribution in [0.5, 0.6) is 0 Å². The van der Waals surface area contributed by atoms with Gasteiger partial charge in [0.15, 0.2) is 6.61 Å². The number of rotatable bonds is 9. The molecule has 2 rings (SSSR count). The fourth-order valence-corrected chi connectivity index (χ4v) is 3.14. The Kier molecular flexibility index (Phi) is 8.19. The average Bonchev–Trinajstić information content (AvgIpc) is 2.68. The van der Waals surface area contributed by atoms with Gasteiger partial charge in [-0.2, -0.15) is 0 Å². The van der Waals surface area contributed by atoms with Gasteiger partial charge >= 0.3 is 5.97 Å². The molecule has 9 nitrogen and oxygen atoms in total. The monoisotopic (exact) mass is 393 g/mol. The van der Waals surface area contributed by atoms with Crippen molar-refractivity contribution >= 4 is 23.3 Å². The van der Waals surface area contributed by atoms with Crippen molar-refractivity contribution in [3.8, 4) is 0 Å². The number of anilines is 1. The van der Waals surface area contributed by atoms with E-state index in [0.29, 0.717) is 19.1 Å². The summed E-state index contributed by atoms with van der Waals surface area (Å²) in [4.78, 5) is 34.8. The molecule has 0 bridgehead atoms. The molecular formula is C19H27N3O6. The zero-order valence-corrected chi connectivity index (χ0v) is 16.2. The first-order valence-corrected chi connectivity index (χ1v) is 9.38. The summed E-state index contributed by atoms with van der Waals surface area (Å²) in [6.07, 6.45) is 3.98. The number of ether oxygens (including phenoxy) is 2. The van der Waals surface area contributed by atoms with Crippen LogP contribution in [-0.2, 0) is 14.3 Å². The Morgan fingerprint density at radius 1 is 1.25 bits per heavy atom. The van der Waals surface area contributed by atoms with E-state index in [4.69, 9.17) is 9.47 Å². The summed E-state index contributed by atoms with van der Waals surface area (Å²) in [6.45, 7) is 2.56. The van der Waals surface area contributed by atoms with Crippen LogP contribution >= 0.6 is 0 Å². The van der Waals surface area contributed by atoms with Gasteiger partial charge in [-0.15, -0.1) is 0 Å². The Balaban J connectivity index is 1.89. The Morgan fingerprint density at radius 2 is 1.96 bits per heavy atom. The third kappa shape index (κ3) is 6.49. The summed E-state index contributed by atoms with van der Waals surface area (Å²) in [5.74, 6) is -0.465. The lowest BCUT2D eigenvalue weighted by atomic mass is 9.87. The van der Waals surface area contributed by atoms with Crippen LogP contribution in [0.3, 0.4) is 0 Å². The maximum Gasteiger partial charge on any atom is 0.338 e. The van der Waals surface area contributed by atoms with Crippen molar-refractivity contribution in [3.05, 3.63) is 33.9 Å². The van der Waals surface area contributed by atoms with Crippen molar-refractivity contribution in [1.29, 1.82) is 0 Å². The van der Waals surface area contributed by atoms with Crippen molar-refractivity contribution in [3.63, 3.8) is 0 Å². The number of benzene rings is 1. The molecule has 9 heteroatoms. The summed E-state index contributed by atoms with van der Waals surface area (Å²) in [6, 6.07) is 4.11. The van der Waals surface area contributed by atoms with Gasteiger partial charge in [0.2, 0.25) is 0 Å². The van der Waals surface area contributed by atoms with Crippen LogP contribution in [0.1, 0.15) is 43.0 Å². The smallest absolute Gasteiger partial charge is 0.338 e. The molecule has 1 fully saturated rings. The molecule has 0 spiro atoms. The van der Waals surface area contributed by atoms with Gasteiger partial charge in [-0.25, -0.2) is 4.79 Å².